The Morgan fingerprint density at radius 3 is 2.16 bits per heavy atom. The second-order valence-corrected chi connectivity index (χ2v) is 13.1. The quantitative estimate of drug-likeness (QED) is 0.300. The third-order valence-corrected chi connectivity index (χ3v) is 9.19. The van der Waals surface area contributed by atoms with Gasteiger partial charge in [-0.2, -0.15) is 0 Å². The zero-order chi connectivity index (χ0) is 27.0. The number of sulfonamides is 2. The van der Waals surface area contributed by atoms with E-state index in [9.17, 15) is 26.4 Å². The lowest BCUT2D eigenvalue weighted by Crippen LogP contribution is -2.29. The van der Waals surface area contributed by atoms with E-state index in [1.165, 1.54) is 28.8 Å². The van der Waals surface area contributed by atoms with Gasteiger partial charge in [0.2, 0.25) is 10.0 Å². The first-order valence-electron chi connectivity index (χ1n) is 11.2. The van der Waals surface area contributed by atoms with Gasteiger partial charge in [0.1, 0.15) is 0 Å². The molecule has 0 aliphatic rings. The van der Waals surface area contributed by atoms with E-state index < -0.39 is 20.0 Å². The molecule has 0 aliphatic carbocycles. The van der Waals surface area contributed by atoms with Gasteiger partial charge >= 0.3 is 0 Å². The zero-order valence-corrected chi connectivity index (χ0v) is 23.2. The Kier molecular flexibility index (Phi) is 7.52. The third-order valence-electron chi connectivity index (χ3n) is 5.72. The summed E-state index contributed by atoms with van der Waals surface area (Å²) in [7, 11) is -8.27. The van der Waals surface area contributed by atoms with Gasteiger partial charge in [-0.1, -0.05) is 65.3 Å². The van der Waals surface area contributed by atoms with Crippen LogP contribution in [0.2, 0.25) is 0 Å². The minimum atomic E-state index is -4.28. The van der Waals surface area contributed by atoms with Crippen molar-refractivity contribution in [2.75, 3.05) is 6.26 Å². The number of nitrogens with one attached hydrogen (secondary N) is 1. The fourth-order valence-electron chi connectivity index (χ4n) is 4.13. The van der Waals surface area contributed by atoms with Crippen molar-refractivity contribution in [1.82, 2.24) is 8.69 Å². The normalized spacial score (nSPS) is 12.1. The average Bonchev–Trinajstić information content (AvgIpc) is 2.84. The Morgan fingerprint density at radius 1 is 0.919 bits per heavy atom. The molecule has 192 valence electrons. The van der Waals surface area contributed by atoms with Crippen LogP contribution in [0.5, 0.6) is 0 Å². The van der Waals surface area contributed by atoms with Crippen molar-refractivity contribution in [2.24, 2.45) is 0 Å². The molecule has 0 amide bonds. The van der Waals surface area contributed by atoms with Gasteiger partial charge in [0.15, 0.2) is 5.78 Å². The molecule has 0 bridgehead atoms. The number of pyridine rings is 1. The summed E-state index contributed by atoms with van der Waals surface area (Å²) in [6.07, 6.45) is 0.924. The molecule has 4 aromatic rings. The molecule has 0 spiro atoms. The maximum Gasteiger partial charge on any atom is 0.259 e. The van der Waals surface area contributed by atoms with Gasteiger partial charge in [-0.3, -0.25) is 14.2 Å². The summed E-state index contributed by atoms with van der Waals surface area (Å²) in [5.74, 6) is -0.214. The summed E-state index contributed by atoms with van der Waals surface area (Å²) in [4.78, 5) is 26.7. The van der Waals surface area contributed by atoms with Crippen LogP contribution in [-0.4, -0.2) is 33.4 Å². The van der Waals surface area contributed by atoms with Crippen molar-refractivity contribution >= 4 is 52.5 Å². The molecular formula is C26H23BrN2O6S2. The molecule has 8 nitrogen and oxygen atoms in total. The molecule has 0 saturated heterocycles. The molecule has 3 aromatic carbocycles. The highest BCUT2D eigenvalue weighted by atomic mass is 79.9. The molecule has 11 heteroatoms. The average molecular weight is 604 g/mol. The van der Waals surface area contributed by atoms with Crippen LogP contribution in [0, 0.1) is 0 Å². The van der Waals surface area contributed by atoms with E-state index in [0.717, 1.165) is 16.3 Å². The van der Waals surface area contributed by atoms with Crippen LogP contribution in [0.3, 0.4) is 0 Å². The van der Waals surface area contributed by atoms with Crippen LogP contribution in [-0.2, 0) is 26.6 Å². The van der Waals surface area contributed by atoms with Crippen LogP contribution >= 0.6 is 15.9 Å². The zero-order valence-electron chi connectivity index (χ0n) is 19.9. The number of benzene rings is 3. The Bertz CT molecular complexity index is 1780. The van der Waals surface area contributed by atoms with Gasteiger partial charge in [-0.05, 0) is 46.8 Å². The van der Waals surface area contributed by atoms with Crippen LogP contribution in [0.25, 0.3) is 21.9 Å². The van der Waals surface area contributed by atoms with Gasteiger partial charge in [0.25, 0.3) is 15.6 Å². The van der Waals surface area contributed by atoms with Gasteiger partial charge in [0, 0.05) is 21.8 Å². The van der Waals surface area contributed by atoms with Gasteiger partial charge in [0.05, 0.1) is 23.4 Å². The van der Waals surface area contributed by atoms with Crippen LogP contribution in [0.15, 0.2) is 87.0 Å². The highest BCUT2D eigenvalue weighted by Crippen LogP contribution is 2.33. The first-order valence-corrected chi connectivity index (χ1v) is 15.3. The Morgan fingerprint density at radius 2 is 1.57 bits per heavy atom. The van der Waals surface area contributed by atoms with Crippen LogP contribution < -0.4 is 9.69 Å². The molecular weight excluding hydrogens is 580 g/mol. The number of carbonyl (C=O) groups is 1. The Labute approximate surface area is 223 Å². The Balaban J connectivity index is 1.92. The number of hydrogen-bond acceptors (Lipinski definition) is 6. The number of rotatable bonds is 8. The smallest absolute Gasteiger partial charge is 0.259 e. The summed E-state index contributed by atoms with van der Waals surface area (Å²) in [6.45, 7) is 1.73. The number of carbonyl (C=O) groups excluding carboxylic acids is 1. The fourth-order valence-corrected chi connectivity index (χ4v) is 6.96. The number of fused-ring (bicyclic) bond motifs is 1. The number of nitrogens with zero attached hydrogens (tertiary/aromatic N) is 1. The summed E-state index contributed by atoms with van der Waals surface area (Å²) in [5, 5.41) is 1.08. The number of Topliss-reactive ketones (excluding diaryl/α,β-unsaturated/α-hetero) is 1. The number of halogens is 1. The van der Waals surface area contributed by atoms with E-state index >= 15 is 0 Å². The molecule has 0 radical (unpaired) electrons. The molecule has 0 unspecified atom stereocenters. The van der Waals surface area contributed by atoms with Gasteiger partial charge in [-0.15, -0.1) is 4.13 Å². The van der Waals surface area contributed by atoms with E-state index in [4.69, 9.17) is 0 Å². The molecule has 4 rings (SSSR count). The number of aromatic nitrogens is 1. The van der Waals surface area contributed by atoms with Crippen molar-refractivity contribution in [3.05, 3.63) is 98.9 Å². The Hall–Kier alpha value is -3.12. The molecule has 0 saturated carbocycles. The lowest BCUT2D eigenvalue weighted by Gasteiger charge is -2.19. The number of ketones is 1. The lowest BCUT2D eigenvalue weighted by atomic mass is 9.94. The molecule has 1 aromatic heterocycles. The summed E-state index contributed by atoms with van der Waals surface area (Å²) < 4.78 is 51.3. The predicted octanol–water partition coefficient (Wildman–Crippen LogP) is 4.31. The molecule has 0 atom stereocenters. The van der Waals surface area contributed by atoms with Gasteiger partial charge in [-0.25, -0.2) is 16.8 Å². The highest BCUT2D eigenvalue weighted by molar-refractivity contribution is 9.10. The summed E-state index contributed by atoms with van der Waals surface area (Å²) in [6, 6.07) is 20.1. The lowest BCUT2D eigenvalue weighted by molar-refractivity contribution is 0.0979. The topological polar surface area (TPSA) is 119 Å². The second kappa shape index (κ2) is 10.3. The molecule has 1 N–H and O–H groups in total. The standard InChI is InChI=1S/C26H23BrN2O6S2/c1-3-23(30)25-24(18-7-5-4-6-8-18)22-15-19(27)11-14-21(22)26(31)29(25)16-17-9-12-20(13-10-17)37(34,35)28-36(2,32)33/h4-15,28H,3,16H2,1-2H3. The van der Waals surface area contributed by atoms with Crippen LogP contribution in [0.4, 0.5) is 0 Å². The van der Waals surface area contributed by atoms with Crippen molar-refractivity contribution in [3.63, 3.8) is 0 Å². The maximum atomic E-state index is 13.7. The molecule has 0 fully saturated rings. The van der Waals surface area contributed by atoms with E-state index in [1.54, 1.807) is 23.2 Å². The van der Waals surface area contributed by atoms with E-state index in [2.05, 4.69) is 15.9 Å². The third kappa shape index (κ3) is 5.74. The van der Waals surface area contributed by atoms with Crippen molar-refractivity contribution in [2.45, 2.75) is 24.8 Å². The molecule has 1 heterocycles. The SMILES string of the molecule is CCC(=O)c1c(-c2ccccc2)c2cc(Br)ccc2c(=O)n1Cc1ccc(S(=O)(=O)NS(C)(=O)=O)cc1. The predicted molar refractivity (Wildman–Crippen MR) is 147 cm³/mol. The van der Waals surface area contributed by atoms with Crippen LogP contribution in [0.1, 0.15) is 29.4 Å². The summed E-state index contributed by atoms with van der Waals surface area (Å²) >= 11 is 3.47. The van der Waals surface area contributed by atoms with Gasteiger partial charge < -0.3 is 0 Å². The van der Waals surface area contributed by atoms with Crippen molar-refractivity contribution in [1.29, 1.82) is 0 Å². The monoisotopic (exact) mass is 602 g/mol. The van der Waals surface area contributed by atoms with E-state index in [-0.39, 0.29) is 34.9 Å². The fraction of sp³-hybridized carbons (Fsp3) is 0.154. The minimum Gasteiger partial charge on any atom is -0.300 e. The maximum absolute atomic E-state index is 13.7. The molecule has 37 heavy (non-hydrogen) atoms. The molecule has 0 aliphatic heterocycles. The summed E-state index contributed by atoms with van der Waals surface area (Å²) in [5.41, 5.74) is 1.89. The first kappa shape index (κ1) is 26.9. The van der Waals surface area contributed by atoms with E-state index in [1.807, 2.05) is 36.4 Å². The van der Waals surface area contributed by atoms with E-state index in [0.29, 0.717) is 21.9 Å². The largest absolute Gasteiger partial charge is 0.300 e. The second-order valence-electron chi connectivity index (χ2n) is 8.45. The number of hydrogen-bond donors (Lipinski definition) is 1. The van der Waals surface area contributed by atoms with Crippen molar-refractivity contribution in [3.8, 4) is 11.1 Å². The highest BCUT2D eigenvalue weighted by Gasteiger charge is 2.23. The minimum absolute atomic E-state index is 0.00553. The first-order chi connectivity index (χ1) is 17.4. The van der Waals surface area contributed by atoms with Crippen molar-refractivity contribution < 1.29 is 21.6 Å².